The zero-order valence-electron chi connectivity index (χ0n) is 10.1. The fourth-order valence-corrected chi connectivity index (χ4v) is 1.85. The molecule has 3 nitrogen and oxygen atoms in total. The van der Waals surface area contributed by atoms with Gasteiger partial charge in [0.15, 0.2) is 0 Å². The van der Waals surface area contributed by atoms with Crippen LogP contribution in [0.25, 0.3) is 0 Å². The van der Waals surface area contributed by atoms with Crippen molar-refractivity contribution in [2.45, 2.75) is 32.4 Å². The molecular formula is C11H14ClFN2OS. The molecule has 0 fully saturated rings. The molecule has 0 amide bonds. The second-order valence-corrected chi connectivity index (χ2v) is 6.79. The Kier molecular flexibility index (Phi) is 4.38. The molecule has 0 aliphatic heterocycles. The molecule has 1 atom stereocenters. The van der Waals surface area contributed by atoms with E-state index < -0.39 is 21.5 Å². The second-order valence-electron chi connectivity index (χ2n) is 4.53. The van der Waals surface area contributed by atoms with Gasteiger partial charge in [0.2, 0.25) is 0 Å². The van der Waals surface area contributed by atoms with Gasteiger partial charge in [-0.15, -0.1) is 0 Å². The Labute approximate surface area is 108 Å². The van der Waals surface area contributed by atoms with Crippen molar-refractivity contribution in [3.63, 3.8) is 0 Å². The first-order valence-corrected chi connectivity index (χ1v) is 6.49. The van der Waals surface area contributed by atoms with E-state index in [4.69, 9.17) is 11.6 Å². The van der Waals surface area contributed by atoms with Gasteiger partial charge in [0.05, 0.1) is 16.7 Å². The van der Waals surface area contributed by atoms with Crippen LogP contribution in [0.5, 0.6) is 0 Å². The van der Waals surface area contributed by atoms with E-state index in [0.717, 1.165) is 6.20 Å². The zero-order valence-corrected chi connectivity index (χ0v) is 11.7. The third-order valence-electron chi connectivity index (χ3n) is 1.94. The van der Waals surface area contributed by atoms with Crippen LogP contribution in [0.3, 0.4) is 0 Å². The summed E-state index contributed by atoms with van der Waals surface area (Å²) in [7, 11) is -1.40. The first kappa shape index (κ1) is 14.3. The summed E-state index contributed by atoms with van der Waals surface area (Å²) in [6.07, 6.45) is 1.03. The minimum atomic E-state index is -1.40. The van der Waals surface area contributed by atoms with Crippen molar-refractivity contribution < 1.29 is 8.60 Å². The van der Waals surface area contributed by atoms with Gasteiger partial charge in [-0.3, -0.25) is 0 Å². The maximum atomic E-state index is 13.0. The summed E-state index contributed by atoms with van der Waals surface area (Å²) in [5, 5.41) is 0.151. The monoisotopic (exact) mass is 276 g/mol. The van der Waals surface area contributed by atoms with Crippen LogP contribution in [-0.4, -0.2) is 19.7 Å². The highest BCUT2D eigenvalue weighted by atomic mass is 35.5. The summed E-state index contributed by atoms with van der Waals surface area (Å²) >= 11 is 5.83. The standard InChI is InChI=1S/C11H14ClFN2OS/c1-7(15-17(16)11(2,3)4)9-5-8(13)6-14-10(9)12/h5-6H,1-4H3/b15-7-/t17-/m1/s1. The van der Waals surface area contributed by atoms with Gasteiger partial charge in [0.25, 0.3) is 0 Å². The van der Waals surface area contributed by atoms with Gasteiger partial charge in [-0.05, 0) is 33.8 Å². The van der Waals surface area contributed by atoms with Gasteiger partial charge in [0.1, 0.15) is 22.0 Å². The minimum Gasteiger partial charge on any atom is -0.241 e. The SMILES string of the molecule is C/C(=N/[S@](=O)C(C)(C)C)c1cc(F)cnc1Cl. The summed E-state index contributed by atoms with van der Waals surface area (Å²) in [4.78, 5) is 3.68. The zero-order chi connectivity index (χ0) is 13.2. The number of hydrogen-bond acceptors (Lipinski definition) is 2. The lowest BCUT2D eigenvalue weighted by Crippen LogP contribution is -2.20. The van der Waals surface area contributed by atoms with E-state index in [-0.39, 0.29) is 5.15 Å². The van der Waals surface area contributed by atoms with Gasteiger partial charge in [-0.25, -0.2) is 13.6 Å². The molecule has 94 valence electrons. The Balaban J connectivity index is 3.12. The highest BCUT2D eigenvalue weighted by Crippen LogP contribution is 2.18. The Hall–Kier alpha value is -0.810. The Morgan fingerprint density at radius 1 is 1.53 bits per heavy atom. The van der Waals surface area contributed by atoms with Crippen molar-refractivity contribution in [2.75, 3.05) is 0 Å². The van der Waals surface area contributed by atoms with Crippen molar-refractivity contribution in [2.24, 2.45) is 4.40 Å². The largest absolute Gasteiger partial charge is 0.241 e. The van der Waals surface area contributed by atoms with Crippen molar-refractivity contribution in [1.82, 2.24) is 4.98 Å². The van der Waals surface area contributed by atoms with E-state index in [1.807, 2.05) is 20.8 Å². The molecule has 0 bridgehead atoms. The van der Waals surface area contributed by atoms with E-state index in [2.05, 4.69) is 9.38 Å². The van der Waals surface area contributed by atoms with E-state index in [1.54, 1.807) is 6.92 Å². The number of halogens is 2. The summed E-state index contributed by atoms with van der Waals surface area (Å²) in [5.41, 5.74) is 0.777. The molecule has 0 saturated carbocycles. The number of aromatic nitrogens is 1. The molecule has 0 saturated heterocycles. The molecule has 0 spiro atoms. The third kappa shape index (κ3) is 3.85. The number of hydrogen-bond donors (Lipinski definition) is 0. The lowest BCUT2D eigenvalue weighted by atomic mass is 10.2. The van der Waals surface area contributed by atoms with Gasteiger partial charge in [0, 0.05) is 5.56 Å². The van der Waals surface area contributed by atoms with Gasteiger partial charge < -0.3 is 0 Å². The molecule has 1 aromatic rings. The second kappa shape index (κ2) is 5.23. The van der Waals surface area contributed by atoms with Gasteiger partial charge in [-0.1, -0.05) is 11.6 Å². The van der Waals surface area contributed by atoms with E-state index in [0.29, 0.717) is 11.3 Å². The molecular weight excluding hydrogens is 263 g/mol. The molecule has 1 heterocycles. The smallest absolute Gasteiger partial charge is 0.145 e. The van der Waals surface area contributed by atoms with E-state index in [1.165, 1.54) is 6.07 Å². The van der Waals surface area contributed by atoms with E-state index >= 15 is 0 Å². The molecule has 0 aromatic carbocycles. The quantitative estimate of drug-likeness (QED) is 0.615. The topological polar surface area (TPSA) is 42.3 Å². The van der Waals surface area contributed by atoms with Crippen molar-refractivity contribution in [1.29, 1.82) is 0 Å². The van der Waals surface area contributed by atoms with Crippen LogP contribution in [0.15, 0.2) is 16.7 Å². The minimum absolute atomic E-state index is 0.151. The predicted molar refractivity (Wildman–Crippen MR) is 69.3 cm³/mol. The van der Waals surface area contributed by atoms with Crippen LogP contribution in [-0.2, 0) is 11.0 Å². The Bertz CT molecular complexity index is 483. The van der Waals surface area contributed by atoms with Gasteiger partial charge >= 0.3 is 0 Å². The first-order chi connectivity index (χ1) is 7.71. The number of rotatable bonds is 2. The molecule has 0 radical (unpaired) electrons. The maximum absolute atomic E-state index is 13.0. The summed E-state index contributed by atoms with van der Waals surface area (Å²) in [5.74, 6) is -0.500. The molecule has 0 aliphatic carbocycles. The third-order valence-corrected chi connectivity index (χ3v) is 3.73. The normalized spacial score (nSPS) is 14.8. The Morgan fingerprint density at radius 2 is 2.12 bits per heavy atom. The average molecular weight is 277 g/mol. The lowest BCUT2D eigenvalue weighted by molar-refractivity contribution is 0.621. The number of nitrogens with zero attached hydrogens (tertiary/aromatic N) is 2. The van der Waals surface area contributed by atoms with Crippen LogP contribution in [0.1, 0.15) is 33.3 Å². The average Bonchev–Trinajstić information content (AvgIpc) is 2.20. The lowest BCUT2D eigenvalue weighted by Gasteiger charge is -2.14. The van der Waals surface area contributed by atoms with Crippen molar-refractivity contribution in [3.8, 4) is 0 Å². The molecule has 1 aromatic heterocycles. The fourth-order valence-electron chi connectivity index (χ4n) is 0.987. The fraction of sp³-hybridized carbons (Fsp3) is 0.455. The van der Waals surface area contributed by atoms with Crippen molar-refractivity contribution >= 4 is 28.3 Å². The predicted octanol–water partition coefficient (Wildman–Crippen LogP) is 3.15. The highest BCUT2D eigenvalue weighted by Gasteiger charge is 2.20. The molecule has 0 aliphatic rings. The summed E-state index contributed by atoms with van der Waals surface area (Å²) in [6, 6.07) is 1.23. The van der Waals surface area contributed by atoms with E-state index in [9.17, 15) is 8.60 Å². The Morgan fingerprint density at radius 3 is 2.65 bits per heavy atom. The number of pyridine rings is 1. The maximum Gasteiger partial charge on any atom is 0.145 e. The molecule has 0 N–H and O–H groups in total. The molecule has 0 unspecified atom stereocenters. The van der Waals surface area contributed by atoms with Crippen LogP contribution in [0, 0.1) is 5.82 Å². The molecule has 17 heavy (non-hydrogen) atoms. The van der Waals surface area contributed by atoms with Crippen LogP contribution >= 0.6 is 11.6 Å². The summed E-state index contributed by atoms with van der Waals surface area (Å²) < 4.78 is 28.4. The first-order valence-electron chi connectivity index (χ1n) is 5.00. The van der Waals surface area contributed by atoms with Gasteiger partial charge in [-0.2, -0.15) is 4.40 Å². The molecule has 6 heteroatoms. The highest BCUT2D eigenvalue weighted by molar-refractivity contribution is 7.85. The van der Waals surface area contributed by atoms with Crippen LogP contribution < -0.4 is 0 Å². The van der Waals surface area contributed by atoms with Crippen LogP contribution in [0.2, 0.25) is 5.15 Å². The van der Waals surface area contributed by atoms with Crippen molar-refractivity contribution in [3.05, 3.63) is 28.8 Å². The summed E-state index contributed by atoms with van der Waals surface area (Å²) in [6.45, 7) is 7.06. The molecule has 1 rings (SSSR count). The van der Waals surface area contributed by atoms with Crippen LogP contribution in [0.4, 0.5) is 4.39 Å².